The molecule has 1 aromatic heterocycles. The Bertz CT molecular complexity index is 1070. The molecule has 0 atom stereocenters. The number of halogens is 2. The average molecular weight is 490 g/mol. The summed E-state index contributed by atoms with van der Waals surface area (Å²) in [5.41, 5.74) is -0.0116. The van der Waals surface area contributed by atoms with Crippen molar-refractivity contribution >= 4 is 33.9 Å². The predicted molar refractivity (Wildman–Crippen MR) is 113 cm³/mol. The van der Waals surface area contributed by atoms with Crippen LogP contribution in [0.15, 0.2) is 30.6 Å². The number of anilines is 1. The second kappa shape index (κ2) is 10.4. The van der Waals surface area contributed by atoms with Crippen LogP contribution in [-0.4, -0.2) is 78.5 Å². The average Bonchev–Trinajstić information content (AvgIpc) is 2.76. The number of methoxy groups -OCH3 is 1. The van der Waals surface area contributed by atoms with Gasteiger partial charge in [-0.15, -0.1) is 0 Å². The standard InChI is InChI=1S/C18H21F2N5O5S2/c1-30-16-9-15(21-12-22-16)25(31-11-13-3-2-4-14(19)18(13)20)32(28,29)24-7-5-23(6-8-24)10-17(26)27/h2-4,9,12H,5-8,10-11H2,1H3,(H,26,27). The largest absolute Gasteiger partial charge is 0.481 e. The third-order valence-corrected chi connectivity index (χ3v) is 7.99. The van der Waals surface area contributed by atoms with Crippen molar-refractivity contribution in [3.8, 4) is 5.88 Å². The van der Waals surface area contributed by atoms with Crippen LogP contribution in [0.5, 0.6) is 5.88 Å². The number of rotatable bonds is 9. The lowest BCUT2D eigenvalue weighted by molar-refractivity contribution is -0.138. The van der Waals surface area contributed by atoms with Crippen molar-refractivity contribution in [3.63, 3.8) is 0 Å². The maximum atomic E-state index is 14.1. The highest BCUT2D eigenvalue weighted by molar-refractivity contribution is 8.13. The van der Waals surface area contributed by atoms with E-state index < -0.39 is 27.8 Å². The van der Waals surface area contributed by atoms with E-state index in [9.17, 15) is 22.0 Å². The molecular formula is C18H21F2N5O5S2. The number of carboxylic acids is 1. The Kier molecular flexibility index (Phi) is 7.82. The normalized spacial score (nSPS) is 15.5. The van der Waals surface area contributed by atoms with E-state index in [1.807, 2.05) is 0 Å². The lowest BCUT2D eigenvalue weighted by atomic mass is 10.2. The Morgan fingerprint density at radius 2 is 1.97 bits per heavy atom. The number of nitrogens with zero attached hydrogens (tertiary/aromatic N) is 5. The lowest BCUT2D eigenvalue weighted by Gasteiger charge is -2.35. The molecule has 1 N–H and O–H groups in total. The van der Waals surface area contributed by atoms with Crippen LogP contribution >= 0.6 is 11.9 Å². The van der Waals surface area contributed by atoms with Crippen molar-refractivity contribution in [1.82, 2.24) is 19.2 Å². The first-order valence-corrected chi connectivity index (χ1v) is 11.7. The van der Waals surface area contributed by atoms with Gasteiger partial charge in [-0.1, -0.05) is 12.1 Å². The second-order valence-corrected chi connectivity index (χ2v) is 9.63. The van der Waals surface area contributed by atoms with Gasteiger partial charge in [-0.2, -0.15) is 16.4 Å². The van der Waals surface area contributed by atoms with Crippen molar-refractivity contribution in [2.45, 2.75) is 5.75 Å². The van der Waals surface area contributed by atoms with Crippen LogP contribution in [0, 0.1) is 11.6 Å². The van der Waals surface area contributed by atoms with Crippen molar-refractivity contribution in [2.75, 3.05) is 43.5 Å². The Balaban J connectivity index is 1.86. The molecule has 1 aliphatic heterocycles. The molecule has 32 heavy (non-hydrogen) atoms. The highest BCUT2D eigenvalue weighted by atomic mass is 32.3. The number of aliphatic carboxylic acids is 1. The van der Waals surface area contributed by atoms with Crippen molar-refractivity contribution in [1.29, 1.82) is 0 Å². The third-order valence-electron chi connectivity index (χ3n) is 4.62. The van der Waals surface area contributed by atoms with Gasteiger partial charge in [0, 0.05) is 43.6 Å². The molecule has 2 aromatic rings. The molecule has 0 saturated carbocycles. The number of hydrogen-bond acceptors (Lipinski definition) is 8. The highest BCUT2D eigenvalue weighted by Crippen LogP contribution is 2.31. The first-order chi connectivity index (χ1) is 15.2. The molecular weight excluding hydrogens is 468 g/mol. The molecule has 14 heteroatoms. The summed E-state index contributed by atoms with van der Waals surface area (Å²) in [6, 6.07) is 4.99. The van der Waals surface area contributed by atoms with Gasteiger partial charge in [0.1, 0.15) is 6.33 Å². The number of ether oxygens (including phenoxy) is 1. The fourth-order valence-electron chi connectivity index (χ4n) is 2.99. The summed E-state index contributed by atoms with van der Waals surface area (Å²) in [5.74, 6) is -3.17. The van der Waals surface area contributed by atoms with Crippen LogP contribution < -0.4 is 8.45 Å². The van der Waals surface area contributed by atoms with Gasteiger partial charge in [0.05, 0.1) is 13.7 Å². The molecule has 0 spiro atoms. The molecule has 0 amide bonds. The number of piperazine rings is 1. The predicted octanol–water partition coefficient (Wildman–Crippen LogP) is 1.37. The van der Waals surface area contributed by atoms with Crippen LogP contribution in [0.2, 0.25) is 0 Å². The molecule has 1 aromatic carbocycles. The zero-order valence-corrected chi connectivity index (χ0v) is 18.7. The van der Waals surface area contributed by atoms with E-state index in [-0.39, 0.29) is 55.7 Å². The molecule has 3 rings (SSSR count). The minimum atomic E-state index is -4.15. The van der Waals surface area contributed by atoms with E-state index in [1.165, 1.54) is 29.6 Å². The van der Waals surface area contributed by atoms with E-state index in [2.05, 4.69) is 9.97 Å². The van der Waals surface area contributed by atoms with Crippen LogP contribution in [0.3, 0.4) is 0 Å². The molecule has 0 bridgehead atoms. The maximum Gasteiger partial charge on any atom is 0.317 e. The first kappa shape index (κ1) is 24.1. The number of carbonyl (C=O) groups is 1. The Morgan fingerprint density at radius 3 is 2.62 bits per heavy atom. The zero-order valence-electron chi connectivity index (χ0n) is 17.0. The van der Waals surface area contributed by atoms with E-state index in [0.717, 1.165) is 28.1 Å². The monoisotopic (exact) mass is 489 g/mol. The van der Waals surface area contributed by atoms with Crippen molar-refractivity contribution in [2.24, 2.45) is 0 Å². The minimum absolute atomic E-state index is 0.0116. The van der Waals surface area contributed by atoms with Crippen LogP contribution in [0.25, 0.3) is 0 Å². The van der Waals surface area contributed by atoms with E-state index in [0.29, 0.717) is 0 Å². The van der Waals surface area contributed by atoms with Gasteiger partial charge < -0.3 is 9.84 Å². The maximum absolute atomic E-state index is 14.1. The van der Waals surface area contributed by atoms with Gasteiger partial charge in [0.15, 0.2) is 17.5 Å². The summed E-state index contributed by atoms with van der Waals surface area (Å²) in [5, 5.41) is 8.93. The topological polar surface area (TPSA) is 116 Å². The van der Waals surface area contributed by atoms with Gasteiger partial charge in [-0.25, -0.2) is 18.7 Å². The smallest absolute Gasteiger partial charge is 0.317 e. The molecule has 0 unspecified atom stereocenters. The minimum Gasteiger partial charge on any atom is -0.481 e. The first-order valence-electron chi connectivity index (χ1n) is 9.38. The van der Waals surface area contributed by atoms with E-state index >= 15 is 0 Å². The fraction of sp³-hybridized carbons (Fsp3) is 0.389. The molecule has 0 radical (unpaired) electrons. The molecule has 1 fully saturated rings. The number of hydrogen-bond donors (Lipinski definition) is 1. The number of carboxylic acid groups (broad SMARTS) is 1. The number of benzene rings is 1. The van der Waals surface area contributed by atoms with Crippen LogP contribution in [-0.2, 0) is 20.8 Å². The quantitative estimate of drug-likeness (QED) is 0.521. The fourth-order valence-corrected chi connectivity index (χ4v) is 5.85. The van der Waals surface area contributed by atoms with Crippen LogP contribution in [0.4, 0.5) is 14.6 Å². The Morgan fingerprint density at radius 1 is 1.25 bits per heavy atom. The van der Waals surface area contributed by atoms with Crippen molar-refractivity contribution in [3.05, 3.63) is 47.8 Å². The Hall–Kier alpha value is -2.55. The van der Waals surface area contributed by atoms with Gasteiger partial charge in [0.25, 0.3) is 0 Å². The Labute approximate surface area is 188 Å². The van der Waals surface area contributed by atoms with Gasteiger partial charge in [-0.05, 0) is 18.0 Å². The van der Waals surface area contributed by atoms with Crippen molar-refractivity contribution < 1.29 is 31.8 Å². The molecule has 1 aliphatic rings. The summed E-state index contributed by atoms with van der Waals surface area (Å²) in [4.78, 5) is 20.4. The molecule has 1 saturated heterocycles. The summed E-state index contributed by atoms with van der Waals surface area (Å²) in [6.45, 7) is 0.395. The highest BCUT2D eigenvalue weighted by Gasteiger charge is 2.35. The summed E-state index contributed by atoms with van der Waals surface area (Å²) >= 11 is 0.725. The van der Waals surface area contributed by atoms with Crippen LogP contribution in [0.1, 0.15) is 5.56 Å². The lowest BCUT2D eigenvalue weighted by Crippen LogP contribution is -2.52. The number of aromatic nitrogens is 2. The van der Waals surface area contributed by atoms with Gasteiger partial charge in [0.2, 0.25) is 5.88 Å². The second-order valence-electron chi connectivity index (χ2n) is 6.71. The summed E-state index contributed by atoms with van der Waals surface area (Å²) in [7, 11) is -2.79. The molecule has 10 nitrogen and oxygen atoms in total. The van der Waals surface area contributed by atoms with E-state index in [4.69, 9.17) is 9.84 Å². The molecule has 2 heterocycles. The third kappa shape index (κ3) is 5.62. The summed E-state index contributed by atoms with van der Waals surface area (Å²) in [6.07, 6.45) is 1.13. The van der Waals surface area contributed by atoms with E-state index in [1.54, 1.807) is 4.90 Å². The summed E-state index contributed by atoms with van der Waals surface area (Å²) < 4.78 is 61.6. The molecule has 0 aliphatic carbocycles. The van der Waals surface area contributed by atoms with Gasteiger partial charge in [-0.3, -0.25) is 9.69 Å². The molecule has 174 valence electrons. The zero-order chi connectivity index (χ0) is 23.3. The SMILES string of the molecule is COc1cc(N(SCc2cccc(F)c2F)S(=O)(=O)N2CCN(CC(=O)O)CC2)ncn1. The van der Waals surface area contributed by atoms with Gasteiger partial charge >= 0.3 is 16.2 Å².